The Morgan fingerprint density at radius 2 is 2.00 bits per heavy atom. The van der Waals surface area contributed by atoms with Crippen LogP contribution in [0.25, 0.3) is 11.0 Å². The maximum Gasteiger partial charge on any atom is 0.193 e. The van der Waals surface area contributed by atoms with E-state index in [4.69, 9.17) is 14.0 Å². The van der Waals surface area contributed by atoms with Crippen LogP contribution in [-0.2, 0) is 11.0 Å². The molecule has 0 aliphatic carbocycles. The van der Waals surface area contributed by atoms with Gasteiger partial charge in [-0.3, -0.25) is 4.72 Å². The predicted molar refractivity (Wildman–Crippen MR) is 110 cm³/mol. The highest BCUT2D eigenvalue weighted by atomic mass is 32.2. The Bertz CT molecular complexity index is 1130. The van der Waals surface area contributed by atoms with Gasteiger partial charge in [0.2, 0.25) is 0 Å². The summed E-state index contributed by atoms with van der Waals surface area (Å²) in [5.41, 5.74) is 0.526. The van der Waals surface area contributed by atoms with Crippen molar-refractivity contribution in [1.82, 2.24) is 10.1 Å². The lowest BCUT2D eigenvalue weighted by atomic mass is 10.2. The third-order valence-corrected chi connectivity index (χ3v) is 6.77. The topological polar surface area (TPSA) is 86.5 Å². The van der Waals surface area contributed by atoms with Crippen LogP contribution in [-0.4, -0.2) is 28.6 Å². The van der Waals surface area contributed by atoms with Crippen molar-refractivity contribution in [2.24, 2.45) is 0 Å². The van der Waals surface area contributed by atoms with Gasteiger partial charge in [0.25, 0.3) is 0 Å². The average Bonchev–Trinajstić information content (AvgIpc) is 3.37. The third kappa shape index (κ3) is 3.71. The largest absolute Gasteiger partial charge is 0.496 e. The second kappa shape index (κ2) is 8.21. The van der Waals surface area contributed by atoms with E-state index < -0.39 is 11.0 Å². The van der Waals surface area contributed by atoms with Crippen molar-refractivity contribution in [2.75, 3.05) is 18.9 Å². The van der Waals surface area contributed by atoms with Crippen LogP contribution in [0, 0.1) is 0 Å². The molecule has 0 bridgehead atoms. The molecule has 4 aromatic rings. The first-order chi connectivity index (χ1) is 13.7. The first-order valence-electron chi connectivity index (χ1n) is 8.06. The van der Waals surface area contributed by atoms with Crippen molar-refractivity contribution in [2.45, 2.75) is 14.1 Å². The number of anilines is 1. The molecular weight excluding hydrogens is 418 g/mol. The summed E-state index contributed by atoms with van der Waals surface area (Å²) >= 11 is 3.06. The highest BCUT2D eigenvalue weighted by Crippen LogP contribution is 2.39. The van der Waals surface area contributed by atoms with Crippen molar-refractivity contribution in [3.63, 3.8) is 0 Å². The molecule has 2 aromatic heterocycles. The quantitative estimate of drug-likeness (QED) is 0.456. The van der Waals surface area contributed by atoms with Crippen molar-refractivity contribution in [3.8, 4) is 11.5 Å². The Balaban J connectivity index is 1.67. The van der Waals surface area contributed by atoms with Crippen LogP contribution in [0.2, 0.25) is 0 Å². The number of nitrogens with one attached hydrogen (secondary N) is 1. The molecule has 1 atom stereocenters. The Morgan fingerprint density at radius 1 is 1.18 bits per heavy atom. The first-order valence-corrected chi connectivity index (χ1v) is 10.9. The molecule has 1 N–H and O–H groups in total. The summed E-state index contributed by atoms with van der Waals surface area (Å²) in [5, 5.41) is 6.58. The van der Waals surface area contributed by atoms with E-state index in [0.717, 1.165) is 9.24 Å². The summed E-state index contributed by atoms with van der Waals surface area (Å²) in [5.74, 6) is 1.43. The first kappa shape index (κ1) is 18.8. The van der Waals surface area contributed by atoms with Gasteiger partial charge in [-0.25, -0.2) is 9.19 Å². The minimum absolute atomic E-state index is 0.335. The zero-order valence-corrected chi connectivity index (χ0v) is 17.3. The van der Waals surface area contributed by atoms with E-state index in [-0.39, 0.29) is 0 Å². The van der Waals surface area contributed by atoms with Gasteiger partial charge in [-0.1, -0.05) is 29.1 Å². The van der Waals surface area contributed by atoms with E-state index in [9.17, 15) is 4.21 Å². The van der Waals surface area contributed by atoms with Gasteiger partial charge in [0.05, 0.1) is 14.2 Å². The molecule has 2 aromatic carbocycles. The minimum atomic E-state index is -1.59. The zero-order valence-electron chi connectivity index (χ0n) is 14.9. The molecule has 0 saturated carbocycles. The number of methoxy groups -OCH3 is 2. The van der Waals surface area contributed by atoms with E-state index in [0.29, 0.717) is 33.2 Å². The number of hydrogen-bond acceptors (Lipinski definition) is 8. The molecule has 4 rings (SSSR count). The van der Waals surface area contributed by atoms with Gasteiger partial charge >= 0.3 is 0 Å². The van der Waals surface area contributed by atoms with Crippen molar-refractivity contribution < 1.29 is 18.2 Å². The van der Waals surface area contributed by atoms with Crippen LogP contribution >= 0.6 is 23.1 Å². The van der Waals surface area contributed by atoms with E-state index >= 15 is 0 Å². The number of benzene rings is 2. The highest BCUT2D eigenvalue weighted by Gasteiger charge is 2.19. The van der Waals surface area contributed by atoms with Gasteiger partial charge in [0.15, 0.2) is 26.7 Å². The molecule has 28 heavy (non-hydrogen) atoms. The van der Waals surface area contributed by atoms with E-state index in [1.807, 2.05) is 23.6 Å². The predicted octanol–water partition coefficient (Wildman–Crippen LogP) is 4.59. The van der Waals surface area contributed by atoms with Crippen LogP contribution in [0.3, 0.4) is 0 Å². The number of nitrogens with zero attached hydrogens (tertiary/aromatic N) is 2. The molecule has 10 heteroatoms. The van der Waals surface area contributed by atoms with E-state index in [1.165, 1.54) is 18.9 Å². The fraction of sp³-hybridized carbons (Fsp3) is 0.111. The van der Waals surface area contributed by atoms with Crippen molar-refractivity contribution >= 4 is 50.9 Å². The van der Waals surface area contributed by atoms with Crippen LogP contribution in [0.5, 0.6) is 11.5 Å². The number of aromatic nitrogens is 2. The second-order valence-corrected chi connectivity index (χ2v) is 8.85. The van der Waals surface area contributed by atoms with Crippen LogP contribution in [0.15, 0.2) is 66.6 Å². The zero-order chi connectivity index (χ0) is 19.5. The number of thiazole rings is 1. The van der Waals surface area contributed by atoms with E-state index in [1.54, 1.807) is 42.8 Å². The van der Waals surface area contributed by atoms with Gasteiger partial charge in [-0.05, 0) is 24.3 Å². The van der Waals surface area contributed by atoms with Crippen LogP contribution < -0.4 is 14.2 Å². The number of hydrogen-bond donors (Lipinski definition) is 1. The SMILES string of the molecule is COc1ccccc1S(=O)Nc1noc2cc(Sc3nccs3)cc(OC)c12. The molecule has 2 heterocycles. The molecule has 0 radical (unpaired) electrons. The lowest BCUT2D eigenvalue weighted by Gasteiger charge is -2.09. The lowest BCUT2D eigenvalue weighted by Crippen LogP contribution is -2.07. The Labute approximate surface area is 171 Å². The standard InChI is InChI=1S/C18H15N3O4S3/c1-23-12-5-3-4-6-15(12)28(22)21-17-16-13(24-2)9-11(10-14(16)25-20-17)27-18-19-7-8-26-18/h3-10H,1-2H3,(H,20,21). The molecule has 7 nitrogen and oxygen atoms in total. The Morgan fingerprint density at radius 3 is 2.75 bits per heavy atom. The number of para-hydroxylation sites is 1. The Kier molecular flexibility index (Phi) is 5.51. The third-order valence-electron chi connectivity index (χ3n) is 3.80. The molecule has 0 aliphatic rings. The number of ether oxygens (including phenoxy) is 2. The number of fused-ring (bicyclic) bond motifs is 1. The lowest BCUT2D eigenvalue weighted by molar-refractivity contribution is 0.404. The molecule has 0 saturated heterocycles. The molecule has 144 valence electrons. The van der Waals surface area contributed by atoms with Crippen molar-refractivity contribution in [3.05, 3.63) is 48.0 Å². The highest BCUT2D eigenvalue weighted by molar-refractivity contribution is 8.01. The summed E-state index contributed by atoms with van der Waals surface area (Å²) in [6.07, 6.45) is 1.76. The molecule has 0 amide bonds. The summed E-state index contributed by atoms with van der Waals surface area (Å²) in [6.45, 7) is 0. The monoisotopic (exact) mass is 433 g/mol. The summed E-state index contributed by atoms with van der Waals surface area (Å²) < 4.78 is 32.9. The maximum atomic E-state index is 12.8. The summed E-state index contributed by atoms with van der Waals surface area (Å²) in [4.78, 5) is 5.69. The molecular formula is C18H15N3O4S3. The van der Waals surface area contributed by atoms with Gasteiger partial charge in [-0.2, -0.15) is 0 Å². The normalized spacial score (nSPS) is 12.1. The van der Waals surface area contributed by atoms with Crippen molar-refractivity contribution in [1.29, 1.82) is 0 Å². The Hall–Kier alpha value is -2.56. The molecule has 1 unspecified atom stereocenters. The maximum absolute atomic E-state index is 12.8. The minimum Gasteiger partial charge on any atom is -0.496 e. The van der Waals surface area contributed by atoms with Gasteiger partial charge in [-0.15, -0.1) is 11.3 Å². The smallest absolute Gasteiger partial charge is 0.193 e. The fourth-order valence-corrected chi connectivity index (χ4v) is 5.19. The van der Waals surface area contributed by atoms with Crippen LogP contribution in [0.4, 0.5) is 5.82 Å². The fourth-order valence-electron chi connectivity index (χ4n) is 2.58. The molecule has 0 spiro atoms. The number of rotatable bonds is 7. The molecule has 0 aliphatic heterocycles. The molecule has 0 fully saturated rings. The summed E-state index contributed by atoms with van der Waals surface area (Å²) in [6, 6.07) is 10.8. The van der Waals surface area contributed by atoms with E-state index in [2.05, 4.69) is 14.9 Å². The second-order valence-electron chi connectivity index (χ2n) is 5.45. The van der Waals surface area contributed by atoms with Crippen LogP contribution in [0.1, 0.15) is 0 Å². The van der Waals surface area contributed by atoms with Gasteiger partial charge in [0, 0.05) is 16.5 Å². The summed E-state index contributed by atoms with van der Waals surface area (Å²) in [7, 11) is 1.52. The van der Waals surface area contributed by atoms with Gasteiger partial charge < -0.3 is 14.0 Å². The van der Waals surface area contributed by atoms with Gasteiger partial charge in [0.1, 0.15) is 21.8 Å². The average molecular weight is 434 g/mol.